The fourth-order valence-electron chi connectivity index (χ4n) is 6.03. The standard InChI is InChI=1S/C29H35F4N3O3/c30-25-15-21(4-6-24(25)27(38)36-12-1-3-23(36)17-37)22-5-7-26(34-16-22)39-18-20-8-13-35(14-9-20)19-28(10-2-11-28)29(31,32)33/h4-7,15-16,20,23,37H,1-3,8-14,17-19H2. The number of amides is 1. The molecule has 1 aromatic heterocycles. The van der Waals surface area contributed by atoms with Crippen molar-refractivity contribution in [2.75, 3.05) is 39.4 Å². The average Bonchev–Trinajstić information content (AvgIpc) is 3.38. The number of pyridine rings is 1. The second kappa shape index (κ2) is 11.4. The summed E-state index contributed by atoms with van der Waals surface area (Å²) >= 11 is 0. The second-order valence-corrected chi connectivity index (χ2v) is 11.2. The molecule has 0 radical (unpaired) electrons. The summed E-state index contributed by atoms with van der Waals surface area (Å²) in [6, 6.07) is 7.68. The normalized spacial score (nSPS) is 22.1. The van der Waals surface area contributed by atoms with Gasteiger partial charge in [-0.25, -0.2) is 9.37 Å². The molecule has 3 heterocycles. The van der Waals surface area contributed by atoms with E-state index in [1.165, 1.54) is 17.0 Å². The molecule has 10 heteroatoms. The van der Waals surface area contributed by atoms with Crippen LogP contribution in [0.15, 0.2) is 36.5 Å². The summed E-state index contributed by atoms with van der Waals surface area (Å²) in [6.45, 7) is 2.20. The topological polar surface area (TPSA) is 65.9 Å². The van der Waals surface area contributed by atoms with Crippen LogP contribution in [0.2, 0.25) is 0 Å². The van der Waals surface area contributed by atoms with Crippen LogP contribution >= 0.6 is 0 Å². The number of aliphatic hydroxyl groups is 1. The van der Waals surface area contributed by atoms with E-state index in [2.05, 4.69) is 4.98 Å². The molecule has 1 aromatic carbocycles. The molecule has 212 valence electrons. The molecule has 2 saturated heterocycles. The zero-order chi connectivity index (χ0) is 27.6. The van der Waals surface area contributed by atoms with Gasteiger partial charge in [-0.15, -0.1) is 0 Å². The van der Waals surface area contributed by atoms with Crippen molar-refractivity contribution in [2.24, 2.45) is 11.3 Å². The van der Waals surface area contributed by atoms with Gasteiger partial charge in [-0.05, 0) is 81.3 Å². The van der Waals surface area contributed by atoms with Crippen LogP contribution < -0.4 is 4.74 Å². The van der Waals surface area contributed by atoms with Crippen molar-refractivity contribution in [1.82, 2.24) is 14.8 Å². The number of aliphatic hydroxyl groups excluding tert-OH is 1. The first-order chi connectivity index (χ1) is 18.7. The van der Waals surface area contributed by atoms with Crippen LogP contribution in [-0.2, 0) is 0 Å². The van der Waals surface area contributed by atoms with Crippen LogP contribution in [0.3, 0.4) is 0 Å². The van der Waals surface area contributed by atoms with Gasteiger partial charge in [0.05, 0.1) is 30.2 Å². The number of nitrogens with zero attached hydrogens (tertiary/aromatic N) is 3. The molecule has 5 rings (SSSR count). The zero-order valence-electron chi connectivity index (χ0n) is 21.9. The molecule has 2 aliphatic heterocycles. The monoisotopic (exact) mass is 549 g/mol. The molecule has 1 N–H and O–H groups in total. The molecule has 1 amide bonds. The summed E-state index contributed by atoms with van der Waals surface area (Å²) in [7, 11) is 0. The van der Waals surface area contributed by atoms with Gasteiger partial charge < -0.3 is 19.6 Å². The first-order valence-corrected chi connectivity index (χ1v) is 13.8. The molecule has 0 spiro atoms. The van der Waals surface area contributed by atoms with Crippen LogP contribution in [0.5, 0.6) is 5.88 Å². The lowest BCUT2D eigenvalue weighted by atomic mass is 9.67. The van der Waals surface area contributed by atoms with Gasteiger partial charge in [-0.1, -0.05) is 12.5 Å². The minimum atomic E-state index is -4.13. The van der Waals surface area contributed by atoms with Gasteiger partial charge in [-0.3, -0.25) is 4.79 Å². The molecular weight excluding hydrogens is 514 g/mol. The Bertz CT molecular complexity index is 1150. The van der Waals surface area contributed by atoms with E-state index in [-0.39, 0.29) is 43.5 Å². The molecular formula is C29H35F4N3O3. The van der Waals surface area contributed by atoms with Crippen molar-refractivity contribution in [3.63, 3.8) is 0 Å². The van der Waals surface area contributed by atoms with Gasteiger partial charge in [0.25, 0.3) is 5.91 Å². The van der Waals surface area contributed by atoms with Crippen LogP contribution in [0.25, 0.3) is 11.1 Å². The second-order valence-electron chi connectivity index (χ2n) is 11.2. The molecule has 3 aliphatic rings. The Hall–Kier alpha value is -2.72. The van der Waals surface area contributed by atoms with Crippen LogP contribution in [0, 0.1) is 17.2 Å². The Morgan fingerprint density at radius 1 is 1.05 bits per heavy atom. The molecule has 0 bridgehead atoms. The highest BCUT2D eigenvalue weighted by Crippen LogP contribution is 2.53. The Morgan fingerprint density at radius 2 is 1.79 bits per heavy atom. The number of carbonyl (C=O) groups is 1. The number of piperidine rings is 1. The van der Waals surface area contributed by atoms with E-state index in [4.69, 9.17) is 4.74 Å². The maximum Gasteiger partial charge on any atom is 0.395 e. The summed E-state index contributed by atoms with van der Waals surface area (Å²) in [4.78, 5) is 20.6. The molecule has 1 aliphatic carbocycles. The Kier molecular flexibility index (Phi) is 8.14. The molecule has 1 unspecified atom stereocenters. The fraction of sp³-hybridized carbons (Fsp3) is 0.586. The van der Waals surface area contributed by atoms with Crippen LogP contribution in [0.1, 0.15) is 55.3 Å². The summed E-state index contributed by atoms with van der Waals surface area (Å²) in [5.74, 6) is -0.341. The number of halogens is 4. The van der Waals surface area contributed by atoms with E-state index in [0.29, 0.717) is 56.1 Å². The maximum atomic E-state index is 14.9. The zero-order valence-corrected chi connectivity index (χ0v) is 21.9. The highest BCUT2D eigenvalue weighted by atomic mass is 19.4. The number of rotatable bonds is 8. The highest BCUT2D eigenvalue weighted by Gasteiger charge is 2.58. The van der Waals surface area contributed by atoms with E-state index in [1.807, 2.05) is 4.90 Å². The maximum absolute atomic E-state index is 14.9. The van der Waals surface area contributed by atoms with Crippen molar-refractivity contribution < 1.29 is 32.2 Å². The number of alkyl halides is 3. The van der Waals surface area contributed by atoms with E-state index >= 15 is 0 Å². The van der Waals surface area contributed by atoms with Crippen molar-refractivity contribution in [2.45, 2.75) is 57.2 Å². The third kappa shape index (κ3) is 5.91. The molecule has 1 saturated carbocycles. The van der Waals surface area contributed by atoms with Crippen LogP contribution in [0.4, 0.5) is 17.6 Å². The average molecular weight is 550 g/mol. The number of likely N-dealkylation sites (tertiary alicyclic amines) is 2. The van der Waals surface area contributed by atoms with Gasteiger partial charge >= 0.3 is 6.18 Å². The number of aromatic nitrogens is 1. The number of benzene rings is 1. The molecule has 1 atom stereocenters. The first-order valence-electron chi connectivity index (χ1n) is 13.8. The Morgan fingerprint density at radius 3 is 2.38 bits per heavy atom. The minimum absolute atomic E-state index is 0.0145. The summed E-state index contributed by atoms with van der Waals surface area (Å²) in [6.07, 6.45) is 1.65. The number of hydrogen-bond acceptors (Lipinski definition) is 5. The predicted molar refractivity (Wildman–Crippen MR) is 138 cm³/mol. The lowest BCUT2D eigenvalue weighted by Crippen LogP contribution is -2.53. The predicted octanol–water partition coefficient (Wildman–Crippen LogP) is 5.31. The third-order valence-corrected chi connectivity index (χ3v) is 8.73. The minimum Gasteiger partial charge on any atom is -0.477 e. The lowest BCUT2D eigenvalue weighted by molar-refractivity contribution is -0.256. The molecule has 6 nitrogen and oxygen atoms in total. The lowest BCUT2D eigenvalue weighted by Gasteiger charge is -2.47. The van der Waals surface area contributed by atoms with Gasteiger partial charge in [-0.2, -0.15) is 13.2 Å². The number of ether oxygens (including phenoxy) is 1. The largest absolute Gasteiger partial charge is 0.477 e. The quantitative estimate of drug-likeness (QED) is 0.453. The first kappa shape index (κ1) is 27.8. The van der Waals surface area contributed by atoms with E-state index in [9.17, 15) is 27.5 Å². The number of carbonyl (C=O) groups excluding carboxylic acids is 1. The smallest absolute Gasteiger partial charge is 0.395 e. The fourth-order valence-corrected chi connectivity index (χ4v) is 6.03. The van der Waals surface area contributed by atoms with Gasteiger partial charge in [0.1, 0.15) is 5.82 Å². The molecule has 39 heavy (non-hydrogen) atoms. The van der Waals surface area contributed by atoms with E-state index < -0.39 is 23.3 Å². The van der Waals surface area contributed by atoms with E-state index in [0.717, 1.165) is 19.3 Å². The summed E-state index contributed by atoms with van der Waals surface area (Å²) in [5, 5.41) is 9.47. The SMILES string of the molecule is O=C(c1ccc(-c2ccc(OCC3CCN(CC4(C(F)(F)F)CCC4)CC3)nc2)cc1F)N1CCCC1CO. The van der Waals surface area contributed by atoms with Crippen molar-refractivity contribution in [1.29, 1.82) is 0 Å². The summed E-state index contributed by atoms with van der Waals surface area (Å²) in [5.41, 5.74) is -0.270. The van der Waals surface area contributed by atoms with E-state index in [1.54, 1.807) is 24.4 Å². The highest BCUT2D eigenvalue weighted by molar-refractivity contribution is 5.95. The Labute approximate surface area is 226 Å². The molecule has 2 aromatic rings. The Balaban J connectivity index is 1.11. The number of hydrogen-bond donors (Lipinski definition) is 1. The van der Waals surface area contributed by atoms with Crippen molar-refractivity contribution in [3.05, 3.63) is 47.9 Å². The van der Waals surface area contributed by atoms with Crippen molar-refractivity contribution >= 4 is 5.91 Å². The van der Waals surface area contributed by atoms with Gasteiger partial charge in [0.15, 0.2) is 0 Å². The van der Waals surface area contributed by atoms with Crippen molar-refractivity contribution in [3.8, 4) is 17.0 Å². The van der Waals surface area contributed by atoms with Gasteiger partial charge in [0, 0.05) is 30.9 Å². The molecule has 3 fully saturated rings. The third-order valence-electron chi connectivity index (χ3n) is 8.73. The summed E-state index contributed by atoms with van der Waals surface area (Å²) < 4.78 is 61.2. The van der Waals surface area contributed by atoms with Gasteiger partial charge in [0.2, 0.25) is 5.88 Å². The van der Waals surface area contributed by atoms with Crippen LogP contribution in [-0.4, -0.2) is 77.4 Å².